The van der Waals surface area contributed by atoms with Crippen LogP contribution in [0.4, 0.5) is 8.78 Å². The van der Waals surface area contributed by atoms with Crippen molar-refractivity contribution in [2.24, 2.45) is 5.73 Å². The molecule has 0 saturated carbocycles. The number of hydrogen-bond acceptors (Lipinski definition) is 2. The van der Waals surface area contributed by atoms with E-state index < -0.39 is 6.43 Å². The fraction of sp³-hybridized carbons (Fsp3) is 0.333. The molecule has 0 bridgehead atoms. The lowest BCUT2D eigenvalue weighted by Crippen LogP contribution is -2.10. The SMILES string of the molecule is NCCOc1cccc(C(F)F)c1. The second-order valence-corrected chi connectivity index (χ2v) is 2.51. The molecule has 4 heteroatoms. The van der Waals surface area contributed by atoms with E-state index in [2.05, 4.69) is 0 Å². The number of nitrogens with two attached hydrogens (primary N) is 1. The summed E-state index contributed by atoms with van der Waals surface area (Å²) in [5.74, 6) is 0.434. The fourth-order valence-electron chi connectivity index (χ4n) is 0.917. The molecule has 0 aliphatic rings. The standard InChI is InChI=1S/C9H11F2NO/c10-9(11)7-2-1-3-8(6-7)13-5-4-12/h1-3,6,9H,4-5,12H2. The zero-order chi connectivity index (χ0) is 9.68. The lowest BCUT2D eigenvalue weighted by Gasteiger charge is -2.05. The molecule has 1 rings (SSSR count). The predicted molar refractivity (Wildman–Crippen MR) is 45.9 cm³/mol. The first kappa shape index (κ1) is 9.92. The summed E-state index contributed by atoms with van der Waals surface area (Å²) in [6, 6.07) is 5.84. The van der Waals surface area contributed by atoms with Crippen molar-refractivity contribution in [1.82, 2.24) is 0 Å². The number of benzene rings is 1. The van der Waals surface area contributed by atoms with E-state index in [0.717, 1.165) is 0 Å². The molecule has 0 aliphatic heterocycles. The van der Waals surface area contributed by atoms with E-state index in [1.54, 1.807) is 6.07 Å². The van der Waals surface area contributed by atoms with Crippen LogP contribution < -0.4 is 10.5 Å². The largest absolute Gasteiger partial charge is 0.492 e. The summed E-state index contributed by atoms with van der Waals surface area (Å²) < 4.78 is 29.5. The van der Waals surface area contributed by atoms with Crippen molar-refractivity contribution < 1.29 is 13.5 Å². The molecule has 0 unspecified atom stereocenters. The molecule has 0 fully saturated rings. The van der Waals surface area contributed by atoms with Crippen LogP contribution in [0.25, 0.3) is 0 Å². The van der Waals surface area contributed by atoms with Crippen molar-refractivity contribution in [2.75, 3.05) is 13.2 Å². The maximum Gasteiger partial charge on any atom is 0.263 e. The van der Waals surface area contributed by atoms with Gasteiger partial charge in [0.15, 0.2) is 0 Å². The van der Waals surface area contributed by atoms with Crippen LogP contribution in [0, 0.1) is 0 Å². The molecule has 0 spiro atoms. The molecule has 13 heavy (non-hydrogen) atoms. The summed E-state index contributed by atoms with van der Waals surface area (Å²) >= 11 is 0. The minimum atomic E-state index is -2.46. The van der Waals surface area contributed by atoms with Gasteiger partial charge in [0.2, 0.25) is 0 Å². The van der Waals surface area contributed by atoms with Crippen LogP contribution in [0.2, 0.25) is 0 Å². The van der Waals surface area contributed by atoms with Crippen LogP contribution in [0.1, 0.15) is 12.0 Å². The summed E-state index contributed by atoms with van der Waals surface area (Å²) in [7, 11) is 0. The van der Waals surface area contributed by atoms with Crippen molar-refractivity contribution in [3.05, 3.63) is 29.8 Å². The smallest absolute Gasteiger partial charge is 0.263 e. The Labute approximate surface area is 75.3 Å². The van der Waals surface area contributed by atoms with Crippen LogP contribution in [-0.4, -0.2) is 13.2 Å². The van der Waals surface area contributed by atoms with Crippen molar-refractivity contribution >= 4 is 0 Å². The quantitative estimate of drug-likeness (QED) is 0.782. The molecule has 2 N–H and O–H groups in total. The van der Waals surface area contributed by atoms with E-state index in [-0.39, 0.29) is 5.56 Å². The average Bonchev–Trinajstić information content (AvgIpc) is 2.15. The molecule has 0 saturated heterocycles. The molecule has 0 radical (unpaired) electrons. The number of rotatable bonds is 4. The summed E-state index contributed by atoms with van der Waals surface area (Å²) in [6.45, 7) is 0.714. The van der Waals surface area contributed by atoms with Gasteiger partial charge in [-0.1, -0.05) is 12.1 Å². The molecule has 2 nitrogen and oxygen atoms in total. The minimum absolute atomic E-state index is 0.0329. The third kappa shape index (κ3) is 2.99. The van der Waals surface area contributed by atoms with E-state index in [1.165, 1.54) is 18.2 Å². The van der Waals surface area contributed by atoms with Gasteiger partial charge in [0.05, 0.1) is 0 Å². The van der Waals surface area contributed by atoms with Crippen LogP contribution in [0.5, 0.6) is 5.75 Å². The molecule has 1 aromatic rings. The maximum absolute atomic E-state index is 12.2. The Morgan fingerprint density at radius 1 is 1.38 bits per heavy atom. The van der Waals surface area contributed by atoms with Gasteiger partial charge in [0.1, 0.15) is 12.4 Å². The highest BCUT2D eigenvalue weighted by atomic mass is 19.3. The Balaban J connectivity index is 2.68. The second-order valence-electron chi connectivity index (χ2n) is 2.51. The number of ether oxygens (including phenoxy) is 1. The second kappa shape index (κ2) is 4.77. The zero-order valence-electron chi connectivity index (χ0n) is 7.04. The highest BCUT2D eigenvalue weighted by Crippen LogP contribution is 2.22. The molecule has 0 amide bonds. The molecular weight excluding hydrogens is 176 g/mol. The van der Waals surface area contributed by atoms with Crippen molar-refractivity contribution in [2.45, 2.75) is 6.43 Å². The van der Waals surface area contributed by atoms with Gasteiger partial charge in [-0.05, 0) is 12.1 Å². The monoisotopic (exact) mass is 187 g/mol. The molecule has 0 aliphatic carbocycles. The topological polar surface area (TPSA) is 35.2 Å². The van der Waals surface area contributed by atoms with Gasteiger partial charge in [0, 0.05) is 12.1 Å². The Morgan fingerprint density at radius 2 is 2.15 bits per heavy atom. The lowest BCUT2D eigenvalue weighted by atomic mass is 10.2. The third-order valence-corrected chi connectivity index (χ3v) is 1.50. The predicted octanol–water partition coefficient (Wildman–Crippen LogP) is 1.96. The van der Waals surface area contributed by atoms with Gasteiger partial charge >= 0.3 is 0 Å². The first-order chi connectivity index (χ1) is 6.24. The van der Waals surface area contributed by atoms with E-state index >= 15 is 0 Å². The third-order valence-electron chi connectivity index (χ3n) is 1.50. The van der Waals surface area contributed by atoms with Gasteiger partial charge in [0.25, 0.3) is 6.43 Å². The summed E-state index contributed by atoms with van der Waals surface area (Å²) in [6.07, 6.45) is -2.46. The van der Waals surface area contributed by atoms with Gasteiger partial charge in [-0.2, -0.15) is 0 Å². The molecular formula is C9H11F2NO. The Hall–Kier alpha value is -1.16. The maximum atomic E-state index is 12.2. The normalized spacial score (nSPS) is 10.5. The highest BCUT2D eigenvalue weighted by Gasteiger charge is 2.06. The van der Waals surface area contributed by atoms with E-state index in [0.29, 0.717) is 18.9 Å². The van der Waals surface area contributed by atoms with Crippen LogP contribution in [0.3, 0.4) is 0 Å². The first-order valence-electron chi connectivity index (χ1n) is 3.95. The Bertz CT molecular complexity index is 266. The Morgan fingerprint density at radius 3 is 2.77 bits per heavy atom. The number of halogens is 2. The van der Waals surface area contributed by atoms with Crippen molar-refractivity contribution in [3.8, 4) is 5.75 Å². The molecule has 0 aromatic heterocycles. The number of hydrogen-bond donors (Lipinski definition) is 1. The minimum Gasteiger partial charge on any atom is -0.492 e. The van der Waals surface area contributed by atoms with Gasteiger partial charge in [-0.15, -0.1) is 0 Å². The molecule has 72 valence electrons. The first-order valence-corrected chi connectivity index (χ1v) is 3.95. The zero-order valence-corrected chi connectivity index (χ0v) is 7.04. The fourth-order valence-corrected chi connectivity index (χ4v) is 0.917. The average molecular weight is 187 g/mol. The van der Waals surface area contributed by atoms with Gasteiger partial charge in [-0.3, -0.25) is 0 Å². The van der Waals surface area contributed by atoms with Crippen molar-refractivity contribution in [3.63, 3.8) is 0 Å². The molecule has 0 atom stereocenters. The molecule has 0 heterocycles. The van der Waals surface area contributed by atoms with Crippen molar-refractivity contribution in [1.29, 1.82) is 0 Å². The summed E-state index contributed by atoms with van der Waals surface area (Å²) in [5.41, 5.74) is 5.17. The van der Waals surface area contributed by atoms with Crippen LogP contribution in [0.15, 0.2) is 24.3 Å². The van der Waals surface area contributed by atoms with Gasteiger partial charge < -0.3 is 10.5 Å². The Kier molecular flexibility index (Phi) is 3.64. The van der Waals surface area contributed by atoms with E-state index in [1.807, 2.05) is 0 Å². The van der Waals surface area contributed by atoms with Crippen LogP contribution in [-0.2, 0) is 0 Å². The van der Waals surface area contributed by atoms with Crippen LogP contribution >= 0.6 is 0 Å². The van der Waals surface area contributed by atoms with E-state index in [4.69, 9.17) is 10.5 Å². The van der Waals surface area contributed by atoms with E-state index in [9.17, 15) is 8.78 Å². The lowest BCUT2D eigenvalue weighted by molar-refractivity contribution is 0.151. The summed E-state index contributed by atoms with van der Waals surface area (Å²) in [4.78, 5) is 0. The highest BCUT2D eigenvalue weighted by molar-refractivity contribution is 5.29. The number of alkyl halides is 2. The van der Waals surface area contributed by atoms with Gasteiger partial charge in [-0.25, -0.2) is 8.78 Å². The molecule has 1 aromatic carbocycles. The summed E-state index contributed by atoms with van der Waals surface area (Å²) in [5, 5.41) is 0.